The van der Waals surface area contributed by atoms with E-state index in [2.05, 4.69) is 0 Å². The van der Waals surface area contributed by atoms with Crippen LogP contribution in [-0.4, -0.2) is 16.5 Å². The van der Waals surface area contributed by atoms with E-state index in [0.717, 1.165) is 11.1 Å². The monoisotopic (exact) mass is 178 g/mol. The highest BCUT2D eigenvalue weighted by atomic mass is 35.5. The van der Waals surface area contributed by atoms with Crippen LogP contribution in [0.25, 0.3) is 0 Å². The molecule has 0 bridgehead atoms. The number of Topliss-reactive ketones (excluding diaryl/α,β-unsaturated/α-hetero) is 1. The highest BCUT2D eigenvalue weighted by Gasteiger charge is 2.34. The Kier molecular flexibility index (Phi) is 2.07. The van der Waals surface area contributed by atoms with Crippen LogP contribution in [0.4, 0.5) is 0 Å². The quantitative estimate of drug-likeness (QED) is 0.520. The second-order valence-corrected chi connectivity index (χ2v) is 3.42. The van der Waals surface area contributed by atoms with Gasteiger partial charge in [-0.25, -0.2) is 0 Å². The van der Waals surface area contributed by atoms with Crippen molar-refractivity contribution >= 4 is 29.0 Å². The summed E-state index contributed by atoms with van der Waals surface area (Å²) in [5, 5.41) is -0.837. The molecule has 0 fully saturated rings. The highest BCUT2D eigenvalue weighted by molar-refractivity contribution is 6.42. The average molecular weight is 179 g/mol. The Bertz CT molecular complexity index is 208. The SMILES string of the molecule is CC1=C(C)C(Cl)C(Cl)C1=O. The standard InChI is InChI=1S/C7H8Cl2O/c1-3-4(2)7(10)6(9)5(3)8/h5-6H,1-2H3. The van der Waals surface area contributed by atoms with Gasteiger partial charge in [-0.3, -0.25) is 4.79 Å². The van der Waals surface area contributed by atoms with Gasteiger partial charge < -0.3 is 0 Å². The molecule has 3 heteroatoms. The molecule has 0 radical (unpaired) electrons. The van der Waals surface area contributed by atoms with Gasteiger partial charge in [-0.2, -0.15) is 0 Å². The number of rotatable bonds is 0. The molecule has 0 aromatic rings. The summed E-state index contributed by atoms with van der Waals surface area (Å²) >= 11 is 11.5. The third kappa shape index (κ3) is 0.977. The molecule has 0 spiro atoms. The number of hydrogen-bond acceptors (Lipinski definition) is 1. The molecule has 0 aromatic carbocycles. The van der Waals surface area contributed by atoms with E-state index < -0.39 is 5.38 Å². The van der Waals surface area contributed by atoms with Crippen LogP contribution in [0.1, 0.15) is 13.8 Å². The first-order valence-electron chi connectivity index (χ1n) is 3.05. The number of halogens is 2. The Labute approximate surface area is 70.0 Å². The summed E-state index contributed by atoms with van der Waals surface area (Å²) in [5.74, 6) is -0.0285. The fraction of sp³-hybridized carbons (Fsp3) is 0.571. The molecule has 1 aliphatic carbocycles. The van der Waals surface area contributed by atoms with Crippen LogP contribution in [-0.2, 0) is 4.79 Å². The first kappa shape index (κ1) is 8.09. The Hall–Kier alpha value is -0.0100. The summed E-state index contributed by atoms with van der Waals surface area (Å²) in [4.78, 5) is 11.1. The van der Waals surface area contributed by atoms with Gasteiger partial charge in [-0.1, -0.05) is 0 Å². The zero-order valence-electron chi connectivity index (χ0n) is 5.82. The largest absolute Gasteiger partial charge is 0.293 e. The molecule has 0 aliphatic heterocycles. The van der Waals surface area contributed by atoms with Crippen molar-refractivity contribution in [1.29, 1.82) is 0 Å². The number of hydrogen-bond donors (Lipinski definition) is 0. The molecule has 0 saturated heterocycles. The normalized spacial score (nSPS) is 33.8. The molecule has 2 unspecified atom stereocenters. The van der Waals surface area contributed by atoms with E-state index in [1.54, 1.807) is 6.92 Å². The lowest BCUT2D eigenvalue weighted by Crippen LogP contribution is -2.17. The Morgan fingerprint density at radius 3 is 1.80 bits per heavy atom. The molecule has 1 aliphatic rings. The topological polar surface area (TPSA) is 17.1 Å². The van der Waals surface area contributed by atoms with Gasteiger partial charge in [0.05, 0.1) is 5.38 Å². The molecule has 2 atom stereocenters. The lowest BCUT2D eigenvalue weighted by Gasteiger charge is -2.03. The number of alkyl halides is 2. The van der Waals surface area contributed by atoms with E-state index in [-0.39, 0.29) is 11.2 Å². The molecule has 1 nitrogen and oxygen atoms in total. The first-order valence-corrected chi connectivity index (χ1v) is 3.92. The summed E-state index contributed by atoms with van der Waals surface area (Å²) in [7, 11) is 0. The molecule has 0 aromatic heterocycles. The van der Waals surface area contributed by atoms with Gasteiger partial charge in [0, 0.05) is 0 Å². The molecule has 10 heavy (non-hydrogen) atoms. The van der Waals surface area contributed by atoms with E-state index in [4.69, 9.17) is 23.2 Å². The van der Waals surface area contributed by atoms with Crippen LogP contribution < -0.4 is 0 Å². The van der Waals surface area contributed by atoms with Gasteiger partial charge in [0.15, 0.2) is 5.78 Å². The van der Waals surface area contributed by atoms with Crippen LogP contribution in [0.15, 0.2) is 11.1 Å². The van der Waals surface area contributed by atoms with Gasteiger partial charge in [-0.15, -0.1) is 23.2 Å². The van der Waals surface area contributed by atoms with E-state index in [1.165, 1.54) is 0 Å². The fourth-order valence-electron chi connectivity index (χ4n) is 0.960. The van der Waals surface area contributed by atoms with Gasteiger partial charge in [0.2, 0.25) is 0 Å². The number of ketones is 1. The summed E-state index contributed by atoms with van der Waals surface area (Å²) in [6.07, 6.45) is 0. The Morgan fingerprint density at radius 1 is 1.20 bits per heavy atom. The fourth-order valence-corrected chi connectivity index (χ4v) is 1.59. The minimum atomic E-state index is -0.540. The molecule has 0 saturated carbocycles. The molecule has 56 valence electrons. The van der Waals surface area contributed by atoms with Crippen LogP contribution in [0, 0.1) is 0 Å². The summed E-state index contributed by atoms with van der Waals surface area (Å²) in [5.41, 5.74) is 1.63. The third-order valence-electron chi connectivity index (χ3n) is 1.88. The van der Waals surface area contributed by atoms with Crippen molar-refractivity contribution in [2.75, 3.05) is 0 Å². The molecule has 1 rings (SSSR count). The summed E-state index contributed by atoms with van der Waals surface area (Å²) in [6, 6.07) is 0. The Balaban J connectivity index is 2.99. The van der Waals surface area contributed by atoms with E-state index >= 15 is 0 Å². The lowest BCUT2D eigenvalue weighted by atomic mass is 10.2. The molecule has 0 N–H and O–H groups in total. The van der Waals surface area contributed by atoms with Crippen molar-refractivity contribution in [2.24, 2.45) is 0 Å². The maximum absolute atomic E-state index is 11.1. The van der Waals surface area contributed by atoms with Crippen molar-refractivity contribution < 1.29 is 4.79 Å². The van der Waals surface area contributed by atoms with Crippen LogP contribution >= 0.6 is 23.2 Å². The van der Waals surface area contributed by atoms with E-state index in [1.807, 2.05) is 6.92 Å². The number of allylic oxidation sites excluding steroid dienone is 2. The van der Waals surface area contributed by atoms with Crippen molar-refractivity contribution in [3.8, 4) is 0 Å². The van der Waals surface area contributed by atoms with Gasteiger partial charge >= 0.3 is 0 Å². The third-order valence-corrected chi connectivity index (χ3v) is 3.04. The smallest absolute Gasteiger partial charge is 0.178 e. The lowest BCUT2D eigenvalue weighted by molar-refractivity contribution is -0.114. The Morgan fingerprint density at radius 2 is 1.70 bits per heavy atom. The van der Waals surface area contributed by atoms with Crippen molar-refractivity contribution in [1.82, 2.24) is 0 Å². The van der Waals surface area contributed by atoms with Crippen LogP contribution in [0.5, 0.6) is 0 Å². The predicted molar refractivity (Wildman–Crippen MR) is 42.7 cm³/mol. The molecular formula is C7H8Cl2O. The van der Waals surface area contributed by atoms with Gasteiger partial charge in [-0.05, 0) is 25.0 Å². The summed E-state index contributed by atoms with van der Waals surface area (Å²) in [6.45, 7) is 3.60. The zero-order chi connectivity index (χ0) is 7.89. The summed E-state index contributed by atoms with van der Waals surface area (Å²) < 4.78 is 0. The molecule has 0 amide bonds. The maximum atomic E-state index is 11.1. The van der Waals surface area contributed by atoms with Crippen molar-refractivity contribution in [3.05, 3.63) is 11.1 Å². The van der Waals surface area contributed by atoms with Crippen molar-refractivity contribution in [2.45, 2.75) is 24.6 Å². The minimum absolute atomic E-state index is 0.0285. The second kappa shape index (κ2) is 2.55. The van der Waals surface area contributed by atoms with Crippen molar-refractivity contribution in [3.63, 3.8) is 0 Å². The van der Waals surface area contributed by atoms with E-state index in [9.17, 15) is 4.79 Å². The first-order chi connectivity index (χ1) is 4.55. The van der Waals surface area contributed by atoms with Crippen LogP contribution in [0.3, 0.4) is 0 Å². The number of carbonyl (C=O) groups excluding carboxylic acids is 1. The van der Waals surface area contributed by atoms with Gasteiger partial charge in [0.25, 0.3) is 0 Å². The average Bonchev–Trinajstić information content (AvgIpc) is 2.07. The minimum Gasteiger partial charge on any atom is -0.293 e. The molecular weight excluding hydrogens is 171 g/mol. The van der Waals surface area contributed by atoms with E-state index in [0.29, 0.717) is 0 Å². The highest BCUT2D eigenvalue weighted by Crippen LogP contribution is 2.30. The van der Waals surface area contributed by atoms with Gasteiger partial charge in [0.1, 0.15) is 5.38 Å². The van der Waals surface area contributed by atoms with Crippen LogP contribution in [0.2, 0.25) is 0 Å². The number of carbonyl (C=O) groups is 1. The second-order valence-electron chi connectivity index (χ2n) is 2.48. The predicted octanol–water partition coefficient (Wildman–Crippen LogP) is 2.12. The zero-order valence-corrected chi connectivity index (χ0v) is 7.33. The maximum Gasteiger partial charge on any atom is 0.178 e. The molecule has 0 heterocycles.